The summed E-state index contributed by atoms with van der Waals surface area (Å²) in [6.45, 7) is -0.00519. The number of anilines is 2. The lowest BCUT2D eigenvalue weighted by Gasteiger charge is -2.09. The molecule has 1 rings (SSSR count). The van der Waals surface area contributed by atoms with Crippen LogP contribution in [0.1, 0.15) is 0 Å². The summed E-state index contributed by atoms with van der Waals surface area (Å²) in [5, 5.41) is 10.1. The predicted molar refractivity (Wildman–Crippen MR) is 64.8 cm³/mol. The van der Waals surface area contributed by atoms with Gasteiger partial charge >= 0.3 is 0 Å². The van der Waals surface area contributed by atoms with Gasteiger partial charge in [0, 0.05) is 7.05 Å². The van der Waals surface area contributed by atoms with Crippen molar-refractivity contribution < 1.29 is 13.2 Å². The Bertz CT molecular complexity index is 527. The second-order valence-electron chi connectivity index (χ2n) is 3.32. The van der Waals surface area contributed by atoms with Crippen LogP contribution in [0.3, 0.4) is 0 Å². The summed E-state index contributed by atoms with van der Waals surface area (Å²) in [5.41, 5.74) is 6.31. The highest BCUT2D eigenvalue weighted by Gasteiger charge is 2.10. The highest BCUT2D eigenvalue weighted by Crippen LogP contribution is 2.21. The van der Waals surface area contributed by atoms with Crippen molar-refractivity contribution in [3.63, 3.8) is 0 Å². The van der Waals surface area contributed by atoms with Crippen molar-refractivity contribution in [2.24, 2.45) is 5.14 Å². The second kappa shape index (κ2) is 5.02. The SMILES string of the molecule is CNC(=O)CNc1cc(S(N)(=O)=O)ccc1N. The fourth-order valence-electron chi connectivity index (χ4n) is 1.13. The van der Waals surface area contributed by atoms with E-state index in [1.54, 1.807) is 0 Å². The van der Waals surface area contributed by atoms with Crippen LogP contribution >= 0.6 is 0 Å². The number of nitrogens with one attached hydrogen (secondary N) is 2. The third-order valence-corrected chi connectivity index (χ3v) is 2.98. The van der Waals surface area contributed by atoms with Gasteiger partial charge in [0.2, 0.25) is 15.9 Å². The van der Waals surface area contributed by atoms with E-state index in [0.717, 1.165) is 0 Å². The zero-order valence-electron chi connectivity index (χ0n) is 9.23. The van der Waals surface area contributed by atoms with Crippen molar-refractivity contribution >= 4 is 27.3 Å². The average Bonchev–Trinajstić information content (AvgIpc) is 2.26. The van der Waals surface area contributed by atoms with Crippen molar-refractivity contribution in [1.82, 2.24) is 5.32 Å². The van der Waals surface area contributed by atoms with Gasteiger partial charge in [-0.2, -0.15) is 0 Å². The highest BCUT2D eigenvalue weighted by molar-refractivity contribution is 7.89. The maximum atomic E-state index is 11.1. The number of sulfonamides is 1. The summed E-state index contributed by atoms with van der Waals surface area (Å²) in [6.07, 6.45) is 0. The minimum Gasteiger partial charge on any atom is -0.397 e. The number of nitrogen functional groups attached to an aromatic ring is 1. The predicted octanol–water partition coefficient (Wildman–Crippen LogP) is -0.926. The number of likely N-dealkylation sites (N-methyl/N-ethyl adjacent to an activating group) is 1. The van der Waals surface area contributed by atoms with Gasteiger partial charge in [-0.25, -0.2) is 13.6 Å². The summed E-state index contributed by atoms with van der Waals surface area (Å²) < 4.78 is 22.2. The number of amides is 1. The van der Waals surface area contributed by atoms with Crippen molar-refractivity contribution in [2.75, 3.05) is 24.6 Å². The number of primary sulfonamides is 1. The first-order valence-electron chi connectivity index (χ1n) is 4.71. The normalized spacial score (nSPS) is 10.9. The Kier molecular flexibility index (Phi) is 3.92. The smallest absolute Gasteiger partial charge is 0.239 e. The fraction of sp³-hybridized carbons (Fsp3) is 0.222. The quantitative estimate of drug-likeness (QED) is 0.519. The molecular weight excluding hydrogens is 244 g/mol. The Balaban J connectivity index is 2.96. The number of benzene rings is 1. The molecule has 0 aliphatic heterocycles. The molecule has 0 aliphatic rings. The number of rotatable bonds is 4. The van der Waals surface area contributed by atoms with E-state index >= 15 is 0 Å². The number of carbonyl (C=O) groups excluding carboxylic acids is 1. The molecular formula is C9H14N4O3S. The molecule has 94 valence electrons. The highest BCUT2D eigenvalue weighted by atomic mass is 32.2. The summed E-state index contributed by atoms with van der Waals surface area (Å²) in [4.78, 5) is 11.0. The molecule has 0 aromatic heterocycles. The summed E-state index contributed by atoms with van der Waals surface area (Å²) >= 11 is 0. The van der Waals surface area contributed by atoms with E-state index in [-0.39, 0.29) is 17.3 Å². The van der Waals surface area contributed by atoms with Gasteiger partial charge in [-0.05, 0) is 18.2 Å². The van der Waals surface area contributed by atoms with Crippen LogP contribution in [0.2, 0.25) is 0 Å². The molecule has 0 unspecified atom stereocenters. The first-order chi connectivity index (χ1) is 7.84. The molecule has 0 saturated heterocycles. The van der Waals surface area contributed by atoms with E-state index in [0.29, 0.717) is 11.4 Å². The largest absolute Gasteiger partial charge is 0.397 e. The van der Waals surface area contributed by atoms with E-state index in [1.165, 1.54) is 25.2 Å². The van der Waals surface area contributed by atoms with E-state index in [1.807, 2.05) is 0 Å². The molecule has 8 heteroatoms. The molecule has 17 heavy (non-hydrogen) atoms. The first-order valence-corrected chi connectivity index (χ1v) is 6.26. The van der Waals surface area contributed by atoms with Crippen LogP contribution in [0.5, 0.6) is 0 Å². The Morgan fingerprint density at radius 2 is 2.06 bits per heavy atom. The maximum absolute atomic E-state index is 11.1. The lowest BCUT2D eigenvalue weighted by molar-refractivity contribution is -0.118. The number of carbonyl (C=O) groups is 1. The molecule has 0 aliphatic carbocycles. The molecule has 0 spiro atoms. The van der Waals surface area contributed by atoms with Crippen molar-refractivity contribution in [3.8, 4) is 0 Å². The molecule has 6 N–H and O–H groups in total. The summed E-state index contributed by atoms with van der Waals surface area (Å²) in [6, 6.07) is 4.00. The van der Waals surface area contributed by atoms with E-state index in [4.69, 9.17) is 10.9 Å². The van der Waals surface area contributed by atoms with Gasteiger partial charge in [-0.3, -0.25) is 4.79 Å². The number of hydrogen-bond acceptors (Lipinski definition) is 5. The van der Waals surface area contributed by atoms with Crippen LogP contribution in [-0.2, 0) is 14.8 Å². The molecule has 1 aromatic rings. The van der Waals surface area contributed by atoms with E-state index in [2.05, 4.69) is 10.6 Å². The van der Waals surface area contributed by atoms with Crippen LogP contribution in [-0.4, -0.2) is 27.9 Å². The monoisotopic (exact) mass is 258 g/mol. The molecule has 0 bridgehead atoms. The maximum Gasteiger partial charge on any atom is 0.239 e. The topological polar surface area (TPSA) is 127 Å². The van der Waals surface area contributed by atoms with Crippen molar-refractivity contribution in [1.29, 1.82) is 0 Å². The lowest BCUT2D eigenvalue weighted by atomic mass is 10.2. The fourth-order valence-corrected chi connectivity index (χ4v) is 1.67. The lowest BCUT2D eigenvalue weighted by Crippen LogP contribution is -2.26. The number of nitrogens with two attached hydrogens (primary N) is 2. The minimum atomic E-state index is -3.78. The third-order valence-electron chi connectivity index (χ3n) is 2.07. The standard InChI is InChI=1S/C9H14N4O3S/c1-12-9(14)5-13-8-4-6(17(11,15)16)2-3-7(8)10/h2-4,13H,5,10H2,1H3,(H,12,14)(H2,11,15,16). The Labute approximate surface area is 99.2 Å². The first kappa shape index (κ1) is 13.3. The van der Waals surface area contributed by atoms with Crippen LogP contribution < -0.4 is 21.5 Å². The van der Waals surface area contributed by atoms with Crippen LogP contribution in [0, 0.1) is 0 Å². The summed E-state index contributed by atoms with van der Waals surface area (Å²) in [5.74, 6) is -0.245. The van der Waals surface area contributed by atoms with Gasteiger partial charge in [-0.15, -0.1) is 0 Å². The molecule has 7 nitrogen and oxygen atoms in total. The third kappa shape index (κ3) is 3.61. The minimum absolute atomic E-state index is 0.00519. The van der Waals surface area contributed by atoms with Crippen molar-refractivity contribution in [3.05, 3.63) is 18.2 Å². The number of hydrogen-bond donors (Lipinski definition) is 4. The van der Waals surface area contributed by atoms with Gasteiger partial charge in [0.05, 0.1) is 22.8 Å². The van der Waals surface area contributed by atoms with Gasteiger partial charge in [0.1, 0.15) is 0 Å². The van der Waals surface area contributed by atoms with Gasteiger partial charge in [-0.1, -0.05) is 0 Å². The van der Waals surface area contributed by atoms with E-state index < -0.39 is 10.0 Å². The van der Waals surface area contributed by atoms with Gasteiger partial charge < -0.3 is 16.4 Å². The van der Waals surface area contributed by atoms with Crippen molar-refractivity contribution in [2.45, 2.75) is 4.90 Å². The zero-order chi connectivity index (χ0) is 13.1. The average molecular weight is 258 g/mol. The molecule has 0 radical (unpaired) electrons. The molecule has 0 saturated carbocycles. The molecule has 0 atom stereocenters. The Hall–Kier alpha value is -1.80. The van der Waals surface area contributed by atoms with Crippen LogP contribution in [0.4, 0.5) is 11.4 Å². The Morgan fingerprint density at radius 3 is 2.59 bits per heavy atom. The Morgan fingerprint density at radius 1 is 1.41 bits per heavy atom. The molecule has 0 fully saturated rings. The second-order valence-corrected chi connectivity index (χ2v) is 4.88. The van der Waals surface area contributed by atoms with Gasteiger partial charge in [0.15, 0.2) is 0 Å². The van der Waals surface area contributed by atoms with Gasteiger partial charge in [0.25, 0.3) is 0 Å². The summed E-state index contributed by atoms with van der Waals surface area (Å²) in [7, 11) is -2.29. The molecule has 1 amide bonds. The van der Waals surface area contributed by atoms with Crippen LogP contribution in [0.25, 0.3) is 0 Å². The zero-order valence-corrected chi connectivity index (χ0v) is 10.0. The molecule has 0 heterocycles. The molecule has 1 aromatic carbocycles. The van der Waals surface area contributed by atoms with Crippen LogP contribution in [0.15, 0.2) is 23.1 Å². The van der Waals surface area contributed by atoms with E-state index in [9.17, 15) is 13.2 Å².